The maximum absolute atomic E-state index is 11.5. The topological polar surface area (TPSA) is 54.4 Å². The molecular weight excluding hydrogens is 290 g/mol. The highest BCUT2D eigenvalue weighted by Gasteiger charge is 2.53. The van der Waals surface area contributed by atoms with Crippen LogP contribution in [0.3, 0.4) is 0 Å². The first kappa shape index (κ1) is 20.9. The molecule has 1 N–H and O–H groups in total. The Morgan fingerprint density at radius 2 is 1.26 bits per heavy atom. The van der Waals surface area contributed by atoms with Gasteiger partial charge in [-0.05, 0) is 27.7 Å². The third-order valence-electron chi connectivity index (χ3n) is 3.28. The molecule has 0 heterocycles. The van der Waals surface area contributed by atoms with Crippen LogP contribution in [0.15, 0.2) is 0 Å². The molecule has 4 nitrogen and oxygen atoms in total. The number of halogens is 4. The van der Waals surface area contributed by atoms with Crippen LogP contribution in [-0.4, -0.2) is 55.3 Å². The van der Waals surface area contributed by atoms with E-state index in [-0.39, 0.29) is 0 Å². The molecule has 0 fully saturated rings. The number of nitrogens with zero attached hydrogens (tertiary/aromatic N) is 1. The Labute approximate surface area is 111 Å². The highest BCUT2D eigenvalue weighted by Crippen LogP contribution is 2.27. The van der Waals surface area contributed by atoms with Gasteiger partial charge >= 0.3 is 21.8 Å². The first-order chi connectivity index (χ1) is 8.44. The summed E-state index contributed by atoms with van der Waals surface area (Å²) in [5.74, 6) is 0. The van der Waals surface area contributed by atoms with Crippen molar-refractivity contribution in [1.82, 2.24) is 0 Å². The molecule has 0 rings (SSSR count). The van der Waals surface area contributed by atoms with E-state index >= 15 is 0 Å². The minimum Gasteiger partial charge on any atom is -0.325 e. The molecule has 0 saturated carbocycles. The summed E-state index contributed by atoms with van der Waals surface area (Å²) in [5.41, 5.74) is 0. The second-order valence-electron chi connectivity index (χ2n) is 3.94. The largest absolute Gasteiger partial charge is 0.428 e. The Kier molecular flexibility index (Phi) is 8.81. The van der Waals surface area contributed by atoms with Gasteiger partial charge in [0.1, 0.15) is 0 Å². The molecule has 19 heavy (non-hydrogen) atoms. The number of rotatable bonds is 6. The Bertz CT molecular complexity index is 325. The quantitative estimate of drug-likeness (QED) is 0.466. The van der Waals surface area contributed by atoms with Crippen molar-refractivity contribution >= 4 is 10.1 Å². The van der Waals surface area contributed by atoms with Gasteiger partial charge in [0, 0.05) is 0 Å². The minimum absolute atomic E-state index is 1.28. The summed E-state index contributed by atoms with van der Waals surface area (Å²) in [6, 6.07) is 0. The van der Waals surface area contributed by atoms with Crippen molar-refractivity contribution in [2.24, 2.45) is 0 Å². The fourth-order valence-electron chi connectivity index (χ4n) is 1.45. The van der Waals surface area contributed by atoms with E-state index in [0.717, 1.165) is 0 Å². The van der Waals surface area contributed by atoms with Crippen LogP contribution in [0.5, 0.6) is 0 Å². The number of alkyl halides is 4. The lowest BCUT2D eigenvalue weighted by molar-refractivity contribution is -0.921. The smallest absolute Gasteiger partial charge is 0.325 e. The lowest BCUT2D eigenvalue weighted by Gasteiger charge is -2.34. The minimum atomic E-state index is -5.98. The van der Waals surface area contributed by atoms with Crippen LogP contribution in [0.25, 0.3) is 0 Å². The lowest BCUT2D eigenvalue weighted by atomic mass is 10.3. The number of hydrogen-bond donors (Lipinski definition) is 1. The molecule has 0 aromatic heterocycles. The molecule has 0 atom stereocenters. The molecule has 0 aliphatic carbocycles. The van der Waals surface area contributed by atoms with Crippen molar-refractivity contribution in [2.45, 2.75) is 39.4 Å². The Morgan fingerprint density at radius 1 is 1.00 bits per heavy atom. The highest BCUT2D eigenvalue weighted by atomic mass is 32.2. The fourth-order valence-corrected chi connectivity index (χ4v) is 1.68. The number of quaternary nitrogens is 1. The average Bonchev–Trinajstić information content (AvgIpc) is 2.32. The van der Waals surface area contributed by atoms with Gasteiger partial charge in [0.2, 0.25) is 0 Å². The van der Waals surface area contributed by atoms with Crippen LogP contribution < -0.4 is 0 Å². The molecule has 0 spiro atoms. The molecule has 0 aliphatic rings. The van der Waals surface area contributed by atoms with Crippen molar-refractivity contribution in [1.29, 1.82) is 0 Å². The standard InChI is InChI=1S/C8H20N.C2H2F4O3S/c1-5-9(6-2,7-3)8-4;3-1(4)2(5,6)10(7,8)9/h5-8H2,1-4H3;1H,(H,7,8,9)/q+1;. The van der Waals surface area contributed by atoms with Gasteiger partial charge in [-0.1, -0.05) is 0 Å². The molecule has 9 heteroatoms. The summed E-state index contributed by atoms with van der Waals surface area (Å²) in [5, 5.41) is -5.37. The SMILES string of the molecule is CC[N+](CC)(CC)CC.O=S(=O)(O)C(F)(F)C(F)F. The van der Waals surface area contributed by atoms with Gasteiger partial charge in [0.15, 0.2) is 0 Å². The molecule has 0 aromatic carbocycles. The van der Waals surface area contributed by atoms with Crippen LogP contribution in [-0.2, 0) is 10.1 Å². The van der Waals surface area contributed by atoms with Crippen molar-refractivity contribution in [3.63, 3.8) is 0 Å². The van der Waals surface area contributed by atoms with Gasteiger partial charge in [-0.25, -0.2) is 8.78 Å². The molecule has 0 aromatic rings. The van der Waals surface area contributed by atoms with Crippen LogP contribution in [0.4, 0.5) is 17.6 Å². The van der Waals surface area contributed by atoms with E-state index in [1.54, 1.807) is 0 Å². The van der Waals surface area contributed by atoms with Gasteiger partial charge < -0.3 is 4.48 Å². The monoisotopic (exact) mass is 312 g/mol. The molecule has 118 valence electrons. The summed E-state index contributed by atoms with van der Waals surface area (Å²) < 4.78 is 72.5. The Balaban J connectivity index is 0. The zero-order chi connectivity index (χ0) is 15.9. The molecule has 0 amide bonds. The third kappa shape index (κ3) is 6.05. The molecule has 0 bridgehead atoms. The Morgan fingerprint density at radius 3 is 1.26 bits per heavy atom. The van der Waals surface area contributed by atoms with Gasteiger partial charge in [0.25, 0.3) is 0 Å². The third-order valence-corrected chi connectivity index (χ3v) is 4.15. The summed E-state index contributed by atoms with van der Waals surface area (Å²) in [4.78, 5) is 0. The van der Waals surface area contributed by atoms with Gasteiger partial charge in [0.05, 0.1) is 26.2 Å². The maximum Gasteiger partial charge on any atom is 0.428 e. The highest BCUT2D eigenvalue weighted by molar-refractivity contribution is 7.86. The first-order valence-corrected chi connectivity index (χ1v) is 7.36. The molecule has 0 radical (unpaired) electrons. The first-order valence-electron chi connectivity index (χ1n) is 5.92. The van der Waals surface area contributed by atoms with Crippen molar-refractivity contribution in [2.75, 3.05) is 26.2 Å². The summed E-state index contributed by atoms with van der Waals surface area (Å²) in [6.07, 6.45) is -4.41. The van der Waals surface area contributed by atoms with Crippen LogP contribution in [0.1, 0.15) is 27.7 Å². The number of hydrogen-bond acceptors (Lipinski definition) is 2. The second kappa shape index (κ2) is 8.01. The van der Waals surface area contributed by atoms with Crippen LogP contribution in [0, 0.1) is 0 Å². The van der Waals surface area contributed by atoms with Gasteiger partial charge in [-0.2, -0.15) is 17.2 Å². The predicted octanol–water partition coefficient (Wildman–Crippen LogP) is 2.61. The van der Waals surface area contributed by atoms with E-state index in [4.69, 9.17) is 4.55 Å². The molecular formula is C10H22F4NO3S+. The predicted molar refractivity (Wildman–Crippen MR) is 64.9 cm³/mol. The fraction of sp³-hybridized carbons (Fsp3) is 1.00. The molecule has 0 saturated heterocycles. The van der Waals surface area contributed by atoms with E-state index < -0.39 is 21.8 Å². The van der Waals surface area contributed by atoms with E-state index in [0.29, 0.717) is 0 Å². The van der Waals surface area contributed by atoms with Crippen LogP contribution >= 0.6 is 0 Å². The van der Waals surface area contributed by atoms with E-state index in [2.05, 4.69) is 27.7 Å². The lowest BCUT2D eigenvalue weighted by Crippen LogP contribution is -2.47. The zero-order valence-corrected chi connectivity index (χ0v) is 12.4. The van der Waals surface area contributed by atoms with Gasteiger partial charge in [-0.15, -0.1) is 0 Å². The zero-order valence-electron chi connectivity index (χ0n) is 11.5. The normalized spacial score (nSPS) is 13.2. The second-order valence-corrected chi connectivity index (χ2v) is 5.44. The van der Waals surface area contributed by atoms with Crippen molar-refractivity contribution in [3.8, 4) is 0 Å². The van der Waals surface area contributed by atoms with Crippen molar-refractivity contribution in [3.05, 3.63) is 0 Å². The van der Waals surface area contributed by atoms with E-state index in [1.807, 2.05) is 0 Å². The summed E-state index contributed by atoms with van der Waals surface area (Å²) in [7, 11) is -5.98. The van der Waals surface area contributed by atoms with Crippen molar-refractivity contribution < 1.29 is 35.0 Å². The Hall–Kier alpha value is -0.410. The van der Waals surface area contributed by atoms with E-state index in [1.165, 1.54) is 30.7 Å². The molecule has 0 unspecified atom stereocenters. The summed E-state index contributed by atoms with van der Waals surface area (Å²) in [6.45, 7) is 14.2. The van der Waals surface area contributed by atoms with E-state index in [9.17, 15) is 26.0 Å². The molecule has 0 aliphatic heterocycles. The maximum atomic E-state index is 11.5. The van der Waals surface area contributed by atoms with Gasteiger partial charge in [-0.3, -0.25) is 4.55 Å². The average molecular weight is 312 g/mol. The van der Waals surface area contributed by atoms with Crippen LogP contribution in [0.2, 0.25) is 0 Å². The summed E-state index contributed by atoms with van der Waals surface area (Å²) >= 11 is 0.